The summed E-state index contributed by atoms with van der Waals surface area (Å²) in [6.07, 6.45) is 1.12. The first-order valence-corrected chi connectivity index (χ1v) is 7.17. The van der Waals surface area contributed by atoms with Gasteiger partial charge in [-0.25, -0.2) is 12.7 Å². The second-order valence-electron chi connectivity index (χ2n) is 4.52. The SMILES string of the molecule is CC1CN(S(=O)(=O)CCCCO)CC1C. The molecular weight excluding hydrogens is 214 g/mol. The summed E-state index contributed by atoms with van der Waals surface area (Å²) in [5.74, 6) is 1.09. The first-order chi connectivity index (χ1) is 6.97. The summed E-state index contributed by atoms with van der Waals surface area (Å²) in [6, 6.07) is 0. The summed E-state index contributed by atoms with van der Waals surface area (Å²) in [5.41, 5.74) is 0. The van der Waals surface area contributed by atoms with Gasteiger partial charge in [0.2, 0.25) is 10.0 Å². The number of rotatable bonds is 5. The summed E-state index contributed by atoms with van der Waals surface area (Å²) in [5, 5.41) is 8.60. The predicted octanol–water partition coefficient (Wildman–Crippen LogP) is 0.676. The topological polar surface area (TPSA) is 57.6 Å². The summed E-state index contributed by atoms with van der Waals surface area (Å²) in [7, 11) is -3.08. The Bertz CT molecular complexity index is 279. The molecule has 0 aromatic carbocycles. The number of sulfonamides is 1. The van der Waals surface area contributed by atoms with Gasteiger partial charge in [0.05, 0.1) is 5.75 Å². The fourth-order valence-corrected chi connectivity index (χ4v) is 3.58. The zero-order chi connectivity index (χ0) is 11.5. The molecule has 90 valence electrons. The molecule has 1 N–H and O–H groups in total. The first kappa shape index (κ1) is 12.9. The summed E-state index contributed by atoms with van der Waals surface area (Å²) in [6.45, 7) is 5.56. The molecule has 1 fully saturated rings. The van der Waals surface area contributed by atoms with Crippen LogP contribution in [0.4, 0.5) is 0 Å². The van der Waals surface area contributed by atoms with Gasteiger partial charge in [0.15, 0.2) is 0 Å². The molecule has 1 rings (SSSR count). The van der Waals surface area contributed by atoms with E-state index in [4.69, 9.17) is 5.11 Å². The van der Waals surface area contributed by atoms with Crippen molar-refractivity contribution in [1.29, 1.82) is 0 Å². The molecule has 0 saturated carbocycles. The van der Waals surface area contributed by atoms with E-state index in [-0.39, 0.29) is 12.4 Å². The van der Waals surface area contributed by atoms with Gasteiger partial charge in [-0.3, -0.25) is 0 Å². The Morgan fingerprint density at radius 1 is 1.20 bits per heavy atom. The predicted molar refractivity (Wildman–Crippen MR) is 60.0 cm³/mol. The number of aliphatic hydroxyl groups is 1. The van der Waals surface area contributed by atoms with E-state index in [1.165, 1.54) is 0 Å². The second kappa shape index (κ2) is 5.27. The molecule has 2 unspecified atom stereocenters. The minimum absolute atomic E-state index is 0.0718. The molecule has 5 heteroatoms. The highest BCUT2D eigenvalue weighted by Crippen LogP contribution is 2.24. The molecular formula is C10H21NO3S. The molecule has 0 aromatic rings. The van der Waals surface area contributed by atoms with Crippen LogP contribution in [-0.2, 0) is 10.0 Å². The van der Waals surface area contributed by atoms with Crippen molar-refractivity contribution in [2.24, 2.45) is 11.8 Å². The summed E-state index contributed by atoms with van der Waals surface area (Å²) in [4.78, 5) is 0. The third kappa shape index (κ3) is 3.43. The van der Waals surface area contributed by atoms with Crippen molar-refractivity contribution in [3.63, 3.8) is 0 Å². The van der Waals surface area contributed by atoms with E-state index >= 15 is 0 Å². The second-order valence-corrected chi connectivity index (χ2v) is 6.61. The third-order valence-electron chi connectivity index (χ3n) is 3.16. The maximum Gasteiger partial charge on any atom is 0.214 e. The lowest BCUT2D eigenvalue weighted by atomic mass is 10.0. The standard InChI is InChI=1S/C10H21NO3S/c1-9-7-11(8-10(9)2)15(13,14)6-4-3-5-12/h9-10,12H,3-8H2,1-2H3. The van der Waals surface area contributed by atoms with Crippen LogP contribution in [0.15, 0.2) is 0 Å². The molecule has 1 heterocycles. The largest absolute Gasteiger partial charge is 0.396 e. The van der Waals surface area contributed by atoms with Crippen LogP contribution in [0.5, 0.6) is 0 Å². The molecule has 0 aromatic heterocycles. The fraction of sp³-hybridized carbons (Fsp3) is 1.00. The Morgan fingerprint density at radius 2 is 1.73 bits per heavy atom. The number of nitrogens with zero attached hydrogens (tertiary/aromatic N) is 1. The molecule has 0 bridgehead atoms. The smallest absolute Gasteiger partial charge is 0.214 e. The molecule has 15 heavy (non-hydrogen) atoms. The van der Waals surface area contributed by atoms with Crippen LogP contribution in [0.25, 0.3) is 0 Å². The van der Waals surface area contributed by atoms with Crippen LogP contribution in [0.1, 0.15) is 26.7 Å². The Labute approximate surface area is 92.3 Å². The van der Waals surface area contributed by atoms with Gasteiger partial charge >= 0.3 is 0 Å². The number of hydrogen-bond donors (Lipinski definition) is 1. The van der Waals surface area contributed by atoms with Gasteiger partial charge in [0.25, 0.3) is 0 Å². The van der Waals surface area contributed by atoms with Crippen molar-refractivity contribution in [2.75, 3.05) is 25.4 Å². The van der Waals surface area contributed by atoms with Crippen molar-refractivity contribution in [3.8, 4) is 0 Å². The fourth-order valence-electron chi connectivity index (χ4n) is 1.83. The van der Waals surface area contributed by atoms with Crippen LogP contribution in [-0.4, -0.2) is 43.3 Å². The van der Waals surface area contributed by atoms with Gasteiger partial charge in [0.1, 0.15) is 0 Å². The van der Waals surface area contributed by atoms with E-state index in [9.17, 15) is 8.42 Å². The van der Waals surface area contributed by atoms with E-state index in [0.29, 0.717) is 37.8 Å². The number of aliphatic hydroxyl groups excluding tert-OH is 1. The minimum atomic E-state index is -3.08. The van der Waals surface area contributed by atoms with Gasteiger partial charge in [-0.15, -0.1) is 0 Å². The maximum absolute atomic E-state index is 11.8. The molecule has 2 atom stereocenters. The molecule has 0 spiro atoms. The van der Waals surface area contributed by atoms with Crippen molar-refractivity contribution in [1.82, 2.24) is 4.31 Å². The van der Waals surface area contributed by atoms with E-state index < -0.39 is 10.0 Å². The van der Waals surface area contributed by atoms with Crippen LogP contribution in [0, 0.1) is 11.8 Å². The Hall–Kier alpha value is -0.130. The monoisotopic (exact) mass is 235 g/mol. The van der Waals surface area contributed by atoms with Gasteiger partial charge < -0.3 is 5.11 Å². The van der Waals surface area contributed by atoms with E-state index in [0.717, 1.165) is 0 Å². The lowest BCUT2D eigenvalue weighted by Gasteiger charge is -2.15. The van der Waals surface area contributed by atoms with Gasteiger partial charge in [-0.1, -0.05) is 13.8 Å². The molecule has 4 nitrogen and oxygen atoms in total. The van der Waals surface area contributed by atoms with Crippen LogP contribution >= 0.6 is 0 Å². The van der Waals surface area contributed by atoms with E-state index in [2.05, 4.69) is 13.8 Å². The zero-order valence-corrected chi connectivity index (χ0v) is 10.3. The van der Waals surface area contributed by atoms with Crippen LogP contribution in [0.2, 0.25) is 0 Å². The minimum Gasteiger partial charge on any atom is -0.396 e. The molecule has 1 aliphatic heterocycles. The van der Waals surface area contributed by atoms with Gasteiger partial charge in [-0.2, -0.15) is 0 Å². The average molecular weight is 235 g/mol. The summed E-state index contributed by atoms with van der Waals surface area (Å²) >= 11 is 0. The van der Waals surface area contributed by atoms with Crippen LogP contribution < -0.4 is 0 Å². The van der Waals surface area contributed by atoms with Crippen LogP contribution in [0.3, 0.4) is 0 Å². The van der Waals surface area contributed by atoms with Crippen molar-refractivity contribution in [3.05, 3.63) is 0 Å². The summed E-state index contributed by atoms with van der Waals surface area (Å²) < 4.78 is 25.3. The highest BCUT2D eigenvalue weighted by molar-refractivity contribution is 7.89. The molecule has 0 aliphatic carbocycles. The lowest BCUT2D eigenvalue weighted by Crippen LogP contribution is -2.31. The average Bonchev–Trinajstić information content (AvgIpc) is 2.48. The highest BCUT2D eigenvalue weighted by Gasteiger charge is 2.33. The Balaban J connectivity index is 2.48. The first-order valence-electron chi connectivity index (χ1n) is 5.56. The van der Waals surface area contributed by atoms with E-state index in [1.807, 2.05) is 0 Å². The number of unbranched alkanes of at least 4 members (excludes halogenated alkanes) is 1. The molecule has 0 amide bonds. The Morgan fingerprint density at radius 3 is 2.20 bits per heavy atom. The Kier molecular flexibility index (Phi) is 4.55. The van der Waals surface area contributed by atoms with Crippen molar-refractivity contribution in [2.45, 2.75) is 26.7 Å². The third-order valence-corrected chi connectivity index (χ3v) is 5.05. The quantitative estimate of drug-likeness (QED) is 0.713. The molecule has 1 aliphatic rings. The number of hydrogen-bond acceptors (Lipinski definition) is 3. The van der Waals surface area contributed by atoms with Gasteiger partial charge in [0, 0.05) is 19.7 Å². The maximum atomic E-state index is 11.8. The lowest BCUT2D eigenvalue weighted by molar-refractivity contribution is 0.287. The van der Waals surface area contributed by atoms with Crippen molar-refractivity contribution >= 4 is 10.0 Å². The normalized spacial score (nSPS) is 28.5. The highest BCUT2D eigenvalue weighted by atomic mass is 32.2. The van der Waals surface area contributed by atoms with Gasteiger partial charge in [-0.05, 0) is 24.7 Å². The molecule has 1 saturated heterocycles. The zero-order valence-electron chi connectivity index (χ0n) is 9.52. The molecule has 0 radical (unpaired) electrons. The van der Waals surface area contributed by atoms with E-state index in [1.54, 1.807) is 4.31 Å². The van der Waals surface area contributed by atoms with Crippen molar-refractivity contribution < 1.29 is 13.5 Å².